The second-order valence-electron chi connectivity index (χ2n) is 5.09. The van der Waals surface area contributed by atoms with Crippen LogP contribution in [0.2, 0.25) is 0 Å². The normalized spacial score (nSPS) is 12.8. The summed E-state index contributed by atoms with van der Waals surface area (Å²) >= 11 is 0. The van der Waals surface area contributed by atoms with Gasteiger partial charge in [-0.3, -0.25) is 5.84 Å². The molecule has 0 fully saturated rings. The van der Waals surface area contributed by atoms with Crippen LogP contribution in [0.4, 0.5) is 0 Å². The summed E-state index contributed by atoms with van der Waals surface area (Å²) in [5.74, 6) is 6.63. The monoisotopic (exact) mass is 266 g/mol. The van der Waals surface area contributed by atoms with Gasteiger partial charge in [-0.15, -0.1) is 0 Å². The van der Waals surface area contributed by atoms with Gasteiger partial charge in [0.1, 0.15) is 17.4 Å². The van der Waals surface area contributed by atoms with Crippen LogP contribution in [-0.2, 0) is 0 Å². The molecule has 3 N–H and O–H groups in total. The zero-order chi connectivity index (χ0) is 14.1. The van der Waals surface area contributed by atoms with Gasteiger partial charge in [-0.05, 0) is 42.7 Å². The number of aryl methyl sites for hydroxylation is 2. The number of hydrogen-bond donors (Lipinski definition) is 2. The summed E-state index contributed by atoms with van der Waals surface area (Å²) in [7, 11) is 0. The van der Waals surface area contributed by atoms with Crippen molar-refractivity contribution in [3.8, 4) is 0 Å². The minimum Gasteiger partial charge on any atom is -0.459 e. The number of para-hydroxylation sites is 1. The highest BCUT2D eigenvalue weighted by Gasteiger charge is 2.20. The molecule has 0 saturated carbocycles. The first-order valence-electron chi connectivity index (χ1n) is 6.71. The Bertz CT molecular complexity index is 692. The Hall–Kier alpha value is -2.10. The predicted molar refractivity (Wildman–Crippen MR) is 81.3 cm³/mol. The van der Waals surface area contributed by atoms with Crippen molar-refractivity contribution in [3.63, 3.8) is 0 Å². The minimum atomic E-state index is -0.136. The lowest BCUT2D eigenvalue weighted by atomic mass is 9.95. The van der Waals surface area contributed by atoms with Gasteiger partial charge >= 0.3 is 0 Å². The maximum Gasteiger partial charge on any atom is 0.134 e. The van der Waals surface area contributed by atoms with Crippen molar-refractivity contribution in [2.24, 2.45) is 5.84 Å². The van der Waals surface area contributed by atoms with Crippen molar-refractivity contribution in [2.45, 2.75) is 19.9 Å². The third-order valence-electron chi connectivity index (χ3n) is 3.73. The standard InChI is InChI=1S/C17H18N2O/c1-11-6-5-7-12(2)16(11)17(19-18)15-10-13-8-3-4-9-14(13)20-15/h3-10,17,19H,18H2,1-2H3. The average Bonchev–Trinajstić information content (AvgIpc) is 2.86. The van der Waals surface area contributed by atoms with Gasteiger partial charge in [0.2, 0.25) is 0 Å². The van der Waals surface area contributed by atoms with Crippen LogP contribution in [0.3, 0.4) is 0 Å². The smallest absolute Gasteiger partial charge is 0.134 e. The fourth-order valence-electron chi connectivity index (χ4n) is 2.74. The number of benzene rings is 2. The Labute approximate surface area is 118 Å². The lowest BCUT2D eigenvalue weighted by Crippen LogP contribution is -2.29. The van der Waals surface area contributed by atoms with Gasteiger partial charge in [0.15, 0.2) is 0 Å². The maximum atomic E-state index is 5.94. The van der Waals surface area contributed by atoms with Crippen LogP contribution < -0.4 is 11.3 Å². The molecule has 0 spiro atoms. The van der Waals surface area contributed by atoms with E-state index in [1.807, 2.05) is 30.3 Å². The van der Waals surface area contributed by atoms with E-state index in [-0.39, 0.29) is 6.04 Å². The highest BCUT2D eigenvalue weighted by molar-refractivity contribution is 5.78. The molecule has 2 aromatic carbocycles. The second-order valence-corrected chi connectivity index (χ2v) is 5.09. The molecule has 1 aromatic heterocycles. The minimum absolute atomic E-state index is 0.136. The zero-order valence-corrected chi connectivity index (χ0v) is 11.7. The van der Waals surface area contributed by atoms with Gasteiger partial charge in [-0.1, -0.05) is 36.4 Å². The van der Waals surface area contributed by atoms with Gasteiger partial charge in [0, 0.05) is 5.39 Å². The van der Waals surface area contributed by atoms with E-state index in [1.54, 1.807) is 0 Å². The average molecular weight is 266 g/mol. The van der Waals surface area contributed by atoms with Crippen LogP contribution >= 0.6 is 0 Å². The van der Waals surface area contributed by atoms with Crippen LogP contribution in [-0.4, -0.2) is 0 Å². The molecule has 3 heteroatoms. The molecule has 0 aliphatic carbocycles. The number of hydrazine groups is 1. The third-order valence-corrected chi connectivity index (χ3v) is 3.73. The molecule has 20 heavy (non-hydrogen) atoms. The molecule has 0 amide bonds. The van der Waals surface area contributed by atoms with Crippen LogP contribution in [0.25, 0.3) is 11.0 Å². The second kappa shape index (κ2) is 5.12. The van der Waals surface area contributed by atoms with Gasteiger partial charge < -0.3 is 4.42 Å². The van der Waals surface area contributed by atoms with E-state index in [2.05, 4.69) is 37.5 Å². The van der Waals surface area contributed by atoms with Crippen molar-refractivity contribution in [3.05, 3.63) is 71.0 Å². The number of furan rings is 1. The molecule has 1 unspecified atom stereocenters. The summed E-state index contributed by atoms with van der Waals surface area (Å²) in [4.78, 5) is 0. The summed E-state index contributed by atoms with van der Waals surface area (Å²) in [6.45, 7) is 4.19. The van der Waals surface area contributed by atoms with E-state index >= 15 is 0 Å². The highest BCUT2D eigenvalue weighted by atomic mass is 16.3. The van der Waals surface area contributed by atoms with Crippen molar-refractivity contribution in [2.75, 3.05) is 0 Å². The van der Waals surface area contributed by atoms with Crippen LogP contribution in [0, 0.1) is 13.8 Å². The first-order valence-corrected chi connectivity index (χ1v) is 6.71. The molecule has 0 aliphatic rings. The van der Waals surface area contributed by atoms with Crippen molar-refractivity contribution in [1.29, 1.82) is 0 Å². The molecular formula is C17H18N2O. The van der Waals surface area contributed by atoms with E-state index in [9.17, 15) is 0 Å². The number of fused-ring (bicyclic) bond motifs is 1. The molecular weight excluding hydrogens is 248 g/mol. The summed E-state index contributed by atoms with van der Waals surface area (Å²) < 4.78 is 5.94. The van der Waals surface area contributed by atoms with Crippen molar-refractivity contribution >= 4 is 11.0 Å². The highest BCUT2D eigenvalue weighted by Crippen LogP contribution is 2.31. The Morgan fingerprint density at radius 2 is 1.70 bits per heavy atom. The lowest BCUT2D eigenvalue weighted by molar-refractivity contribution is 0.475. The molecule has 3 aromatic rings. The van der Waals surface area contributed by atoms with Crippen LogP contribution in [0.5, 0.6) is 0 Å². The molecule has 3 rings (SSSR count). The van der Waals surface area contributed by atoms with E-state index < -0.39 is 0 Å². The Balaban J connectivity index is 2.14. The van der Waals surface area contributed by atoms with E-state index in [4.69, 9.17) is 10.3 Å². The summed E-state index contributed by atoms with van der Waals surface area (Å²) in [6.07, 6.45) is 0. The van der Waals surface area contributed by atoms with Gasteiger partial charge in [0.25, 0.3) is 0 Å². The van der Waals surface area contributed by atoms with Gasteiger partial charge in [-0.25, -0.2) is 5.43 Å². The first-order chi connectivity index (χ1) is 9.70. The van der Waals surface area contributed by atoms with Gasteiger partial charge in [0.05, 0.1) is 0 Å². The maximum absolute atomic E-state index is 5.94. The van der Waals surface area contributed by atoms with Crippen LogP contribution in [0.1, 0.15) is 28.5 Å². The van der Waals surface area contributed by atoms with E-state index in [0.717, 1.165) is 16.7 Å². The van der Waals surface area contributed by atoms with Crippen molar-refractivity contribution in [1.82, 2.24) is 5.43 Å². The topological polar surface area (TPSA) is 51.2 Å². The summed E-state index contributed by atoms with van der Waals surface area (Å²) in [5.41, 5.74) is 7.35. The molecule has 1 atom stereocenters. The third kappa shape index (κ3) is 2.11. The van der Waals surface area contributed by atoms with Crippen molar-refractivity contribution < 1.29 is 4.42 Å². The molecule has 0 aliphatic heterocycles. The molecule has 0 radical (unpaired) electrons. The number of nitrogens with one attached hydrogen (secondary N) is 1. The predicted octanol–water partition coefficient (Wildman–Crippen LogP) is 3.60. The van der Waals surface area contributed by atoms with Crippen LogP contribution in [0.15, 0.2) is 52.9 Å². The fourth-order valence-corrected chi connectivity index (χ4v) is 2.74. The Morgan fingerprint density at radius 1 is 1.00 bits per heavy atom. The Kier molecular flexibility index (Phi) is 3.30. The number of rotatable bonds is 3. The fraction of sp³-hybridized carbons (Fsp3) is 0.176. The molecule has 0 saturated heterocycles. The lowest BCUT2D eigenvalue weighted by Gasteiger charge is -2.18. The Morgan fingerprint density at radius 3 is 2.35 bits per heavy atom. The summed E-state index contributed by atoms with van der Waals surface area (Å²) in [6, 6.07) is 16.1. The zero-order valence-electron chi connectivity index (χ0n) is 11.7. The van der Waals surface area contributed by atoms with E-state index in [1.165, 1.54) is 16.7 Å². The molecule has 3 nitrogen and oxygen atoms in total. The quantitative estimate of drug-likeness (QED) is 0.562. The molecule has 1 heterocycles. The SMILES string of the molecule is Cc1cccc(C)c1C(NN)c1cc2ccccc2o1. The molecule has 102 valence electrons. The summed E-state index contributed by atoms with van der Waals surface area (Å²) in [5, 5.41) is 1.09. The van der Waals surface area contributed by atoms with E-state index in [0.29, 0.717) is 0 Å². The number of hydrogen-bond acceptors (Lipinski definition) is 3. The largest absolute Gasteiger partial charge is 0.459 e. The number of nitrogens with two attached hydrogens (primary N) is 1. The van der Waals surface area contributed by atoms with Gasteiger partial charge in [-0.2, -0.15) is 0 Å². The first kappa shape index (κ1) is 12.9. The molecule has 0 bridgehead atoms.